The molecule has 0 atom stereocenters. The second kappa shape index (κ2) is 7.77. The fourth-order valence-corrected chi connectivity index (χ4v) is 2.53. The molecule has 3 rings (SSSR count). The van der Waals surface area contributed by atoms with E-state index in [1.807, 2.05) is 0 Å². The van der Waals surface area contributed by atoms with Gasteiger partial charge in [0.15, 0.2) is 0 Å². The van der Waals surface area contributed by atoms with Crippen molar-refractivity contribution in [2.75, 3.05) is 6.54 Å². The van der Waals surface area contributed by atoms with E-state index in [1.54, 1.807) is 31.4 Å². The lowest BCUT2D eigenvalue weighted by molar-refractivity contribution is 0.0950. The van der Waals surface area contributed by atoms with Gasteiger partial charge < -0.3 is 9.88 Å². The van der Waals surface area contributed by atoms with Gasteiger partial charge in [0.25, 0.3) is 17.0 Å². The van der Waals surface area contributed by atoms with Gasteiger partial charge in [-0.05, 0) is 36.4 Å². The topological polar surface area (TPSA) is 86.0 Å². The maximum Gasteiger partial charge on any atom is 0.263 e. The Balaban J connectivity index is 1.65. The molecule has 0 fully saturated rings. The van der Waals surface area contributed by atoms with Crippen molar-refractivity contribution in [3.63, 3.8) is 0 Å². The maximum absolute atomic E-state index is 13.0. The highest BCUT2D eigenvalue weighted by Crippen LogP contribution is 2.14. The largest absolute Gasteiger partial charge is 0.350 e. The molecule has 1 N–H and O–H groups in total. The SMILES string of the molecule is Cn1cccc(C(=O)NCCn2cnc(-c3ccc(F)cc3)cc2=O)c1=O. The average molecular weight is 368 g/mol. The fraction of sp³-hybridized carbons (Fsp3) is 0.158. The summed E-state index contributed by atoms with van der Waals surface area (Å²) in [6.45, 7) is 0.364. The molecule has 0 bridgehead atoms. The van der Waals surface area contributed by atoms with E-state index in [0.717, 1.165) is 0 Å². The third kappa shape index (κ3) is 4.17. The number of pyridine rings is 1. The van der Waals surface area contributed by atoms with Crippen molar-refractivity contribution in [2.45, 2.75) is 6.54 Å². The second-order valence-electron chi connectivity index (χ2n) is 5.91. The molecule has 8 heteroatoms. The zero-order chi connectivity index (χ0) is 19.4. The number of carbonyl (C=O) groups is 1. The number of carbonyl (C=O) groups excluding carboxylic acids is 1. The normalized spacial score (nSPS) is 10.6. The van der Waals surface area contributed by atoms with E-state index in [2.05, 4.69) is 10.3 Å². The molecule has 0 saturated heterocycles. The van der Waals surface area contributed by atoms with Gasteiger partial charge in [-0.2, -0.15) is 0 Å². The van der Waals surface area contributed by atoms with Gasteiger partial charge in [0.2, 0.25) is 0 Å². The number of rotatable bonds is 5. The predicted molar refractivity (Wildman–Crippen MR) is 97.9 cm³/mol. The number of nitrogens with one attached hydrogen (secondary N) is 1. The van der Waals surface area contributed by atoms with E-state index in [1.165, 1.54) is 39.7 Å². The van der Waals surface area contributed by atoms with Gasteiger partial charge in [-0.15, -0.1) is 0 Å². The van der Waals surface area contributed by atoms with Crippen LogP contribution in [0.1, 0.15) is 10.4 Å². The van der Waals surface area contributed by atoms with Crippen LogP contribution in [0, 0.1) is 5.82 Å². The summed E-state index contributed by atoms with van der Waals surface area (Å²) >= 11 is 0. The van der Waals surface area contributed by atoms with E-state index in [9.17, 15) is 18.8 Å². The van der Waals surface area contributed by atoms with Crippen molar-refractivity contribution in [2.24, 2.45) is 7.05 Å². The monoisotopic (exact) mass is 368 g/mol. The van der Waals surface area contributed by atoms with Crippen molar-refractivity contribution in [1.29, 1.82) is 0 Å². The van der Waals surface area contributed by atoms with Crippen molar-refractivity contribution >= 4 is 5.91 Å². The molecular formula is C19H17FN4O3. The summed E-state index contributed by atoms with van der Waals surface area (Å²) in [5.74, 6) is -0.865. The van der Waals surface area contributed by atoms with Gasteiger partial charge in [0.05, 0.1) is 12.0 Å². The van der Waals surface area contributed by atoms with Crippen LogP contribution in [0.3, 0.4) is 0 Å². The molecule has 0 unspecified atom stereocenters. The van der Waals surface area contributed by atoms with Crippen LogP contribution in [0.2, 0.25) is 0 Å². The Morgan fingerprint density at radius 2 is 1.93 bits per heavy atom. The highest BCUT2D eigenvalue weighted by Gasteiger charge is 2.10. The fourth-order valence-electron chi connectivity index (χ4n) is 2.53. The van der Waals surface area contributed by atoms with Crippen LogP contribution in [0.4, 0.5) is 4.39 Å². The first-order valence-corrected chi connectivity index (χ1v) is 8.22. The van der Waals surface area contributed by atoms with Gasteiger partial charge in [-0.3, -0.25) is 19.0 Å². The number of hydrogen-bond acceptors (Lipinski definition) is 4. The molecule has 0 aliphatic heterocycles. The quantitative estimate of drug-likeness (QED) is 0.733. The zero-order valence-corrected chi connectivity index (χ0v) is 14.6. The number of amides is 1. The lowest BCUT2D eigenvalue weighted by atomic mass is 10.1. The number of aryl methyl sites for hydroxylation is 1. The van der Waals surface area contributed by atoms with Crippen LogP contribution < -0.4 is 16.4 Å². The predicted octanol–water partition coefficient (Wildman–Crippen LogP) is 1.18. The summed E-state index contributed by atoms with van der Waals surface area (Å²) in [5.41, 5.74) is 0.422. The minimum atomic E-state index is -0.500. The first kappa shape index (κ1) is 18.2. The van der Waals surface area contributed by atoms with E-state index in [4.69, 9.17) is 0 Å². The summed E-state index contributed by atoms with van der Waals surface area (Å²) < 4.78 is 15.6. The van der Waals surface area contributed by atoms with Crippen LogP contribution in [0.15, 0.2) is 64.6 Å². The van der Waals surface area contributed by atoms with Crippen molar-refractivity contribution in [3.8, 4) is 11.3 Å². The molecule has 3 aromatic rings. The summed E-state index contributed by atoms with van der Waals surface area (Å²) in [7, 11) is 1.56. The molecule has 27 heavy (non-hydrogen) atoms. The smallest absolute Gasteiger partial charge is 0.263 e. The van der Waals surface area contributed by atoms with Crippen molar-refractivity contribution < 1.29 is 9.18 Å². The molecule has 0 radical (unpaired) electrons. The first-order valence-electron chi connectivity index (χ1n) is 8.22. The standard InChI is InChI=1S/C19H17FN4O3/c1-23-9-2-3-15(19(23)27)18(26)21-8-10-24-12-22-16(11-17(24)25)13-4-6-14(20)7-5-13/h2-7,9,11-12H,8,10H2,1H3,(H,21,26). The molecule has 0 aliphatic carbocycles. The highest BCUT2D eigenvalue weighted by atomic mass is 19.1. The van der Waals surface area contributed by atoms with Crippen LogP contribution in [0.5, 0.6) is 0 Å². The number of halogens is 1. The van der Waals surface area contributed by atoms with Gasteiger partial charge in [-0.25, -0.2) is 9.37 Å². The molecule has 0 aliphatic rings. The Kier molecular flexibility index (Phi) is 5.25. The number of aromatic nitrogens is 3. The molecule has 7 nitrogen and oxygen atoms in total. The summed E-state index contributed by atoms with van der Waals surface area (Å²) in [5, 5.41) is 2.61. The van der Waals surface area contributed by atoms with Crippen molar-refractivity contribution in [1.82, 2.24) is 19.4 Å². The molecule has 2 aromatic heterocycles. The Bertz CT molecular complexity index is 1090. The number of hydrogen-bond donors (Lipinski definition) is 1. The zero-order valence-electron chi connectivity index (χ0n) is 14.6. The molecule has 1 amide bonds. The third-order valence-corrected chi connectivity index (χ3v) is 4.03. The van der Waals surface area contributed by atoms with E-state index < -0.39 is 11.5 Å². The molecular weight excluding hydrogens is 351 g/mol. The van der Waals surface area contributed by atoms with Crippen LogP contribution in [0.25, 0.3) is 11.3 Å². The van der Waals surface area contributed by atoms with Gasteiger partial charge in [0.1, 0.15) is 11.4 Å². The van der Waals surface area contributed by atoms with Gasteiger partial charge in [0, 0.05) is 38.0 Å². The Morgan fingerprint density at radius 1 is 1.19 bits per heavy atom. The second-order valence-corrected chi connectivity index (χ2v) is 5.91. The molecule has 0 saturated carbocycles. The first-order chi connectivity index (χ1) is 13.0. The summed E-state index contributed by atoms with van der Waals surface area (Å²) in [6, 6.07) is 10.1. The molecule has 138 valence electrons. The van der Waals surface area contributed by atoms with E-state index in [-0.39, 0.29) is 30.0 Å². The lowest BCUT2D eigenvalue weighted by Gasteiger charge is -2.08. The average Bonchev–Trinajstić information content (AvgIpc) is 2.65. The molecule has 0 spiro atoms. The minimum absolute atomic E-state index is 0.0390. The van der Waals surface area contributed by atoms with Crippen LogP contribution >= 0.6 is 0 Å². The van der Waals surface area contributed by atoms with Crippen LogP contribution in [-0.4, -0.2) is 26.6 Å². The number of benzene rings is 1. The Hall–Kier alpha value is -3.55. The van der Waals surface area contributed by atoms with Gasteiger partial charge >= 0.3 is 0 Å². The lowest BCUT2D eigenvalue weighted by Crippen LogP contribution is -2.35. The van der Waals surface area contributed by atoms with E-state index >= 15 is 0 Å². The van der Waals surface area contributed by atoms with Crippen LogP contribution in [-0.2, 0) is 13.6 Å². The van der Waals surface area contributed by atoms with E-state index in [0.29, 0.717) is 11.3 Å². The number of nitrogens with zero attached hydrogens (tertiary/aromatic N) is 3. The maximum atomic E-state index is 13.0. The van der Waals surface area contributed by atoms with Crippen molar-refractivity contribution in [3.05, 3.63) is 87.1 Å². The van der Waals surface area contributed by atoms with Gasteiger partial charge in [-0.1, -0.05) is 0 Å². The minimum Gasteiger partial charge on any atom is -0.350 e. The molecule has 1 aromatic carbocycles. The third-order valence-electron chi connectivity index (χ3n) is 4.03. The highest BCUT2D eigenvalue weighted by molar-refractivity contribution is 5.93. The Labute approximate surface area is 153 Å². The molecule has 2 heterocycles. The Morgan fingerprint density at radius 3 is 2.63 bits per heavy atom. The summed E-state index contributed by atoms with van der Waals surface area (Å²) in [4.78, 5) is 40.4. The summed E-state index contributed by atoms with van der Waals surface area (Å²) in [6.07, 6.45) is 2.93.